The van der Waals surface area contributed by atoms with Gasteiger partial charge in [-0.2, -0.15) is 0 Å². The van der Waals surface area contributed by atoms with E-state index in [-0.39, 0.29) is 23.6 Å². The molecule has 0 aromatic carbocycles. The number of piperidine rings is 1. The number of hydrogen-bond donors (Lipinski definition) is 2. The molecule has 0 spiro atoms. The molecule has 114 valence electrons. The van der Waals surface area contributed by atoms with Crippen LogP contribution < -0.4 is 10.6 Å². The minimum absolute atomic E-state index is 0.0108. The van der Waals surface area contributed by atoms with Crippen LogP contribution in [-0.4, -0.2) is 55.5 Å². The Morgan fingerprint density at radius 3 is 2.50 bits per heavy atom. The first-order valence-electron chi connectivity index (χ1n) is 7.00. The first kappa shape index (κ1) is 15.2. The molecule has 0 aromatic heterocycles. The minimum atomic E-state index is -3.13. The largest absolute Gasteiger partial charge is 0.351 e. The quantitative estimate of drug-likeness (QED) is 0.710. The minimum Gasteiger partial charge on any atom is -0.351 e. The maximum Gasteiger partial charge on any atom is 0.242 e. The Hall–Kier alpha value is -1.15. The predicted octanol–water partition coefficient (Wildman–Crippen LogP) is -0.805. The van der Waals surface area contributed by atoms with E-state index in [0.717, 1.165) is 0 Å². The van der Waals surface area contributed by atoms with Crippen molar-refractivity contribution in [2.24, 2.45) is 0 Å². The van der Waals surface area contributed by atoms with Crippen LogP contribution in [-0.2, 0) is 19.6 Å². The number of sulfonamides is 1. The first-order valence-corrected chi connectivity index (χ1v) is 8.61. The van der Waals surface area contributed by atoms with Crippen molar-refractivity contribution in [1.82, 2.24) is 14.9 Å². The van der Waals surface area contributed by atoms with Crippen LogP contribution in [0.5, 0.6) is 0 Å². The number of carbonyl (C=O) groups excluding carboxylic acids is 2. The zero-order valence-electron chi connectivity index (χ0n) is 11.6. The summed E-state index contributed by atoms with van der Waals surface area (Å²) in [4.78, 5) is 23.0. The second kappa shape index (κ2) is 6.09. The predicted molar refractivity (Wildman–Crippen MR) is 73.4 cm³/mol. The number of nitrogens with one attached hydrogen (secondary N) is 2. The van der Waals surface area contributed by atoms with E-state index < -0.39 is 16.1 Å². The molecule has 2 amide bonds. The zero-order valence-corrected chi connectivity index (χ0v) is 12.4. The molecule has 2 heterocycles. The van der Waals surface area contributed by atoms with E-state index in [9.17, 15) is 18.0 Å². The first-order chi connectivity index (χ1) is 9.42. The Morgan fingerprint density at radius 1 is 1.35 bits per heavy atom. The van der Waals surface area contributed by atoms with Gasteiger partial charge in [0.05, 0.1) is 5.75 Å². The van der Waals surface area contributed by atoms with Crippen molar-refractivity contribution in [2.45, 2.75) is 44.7 Å². The summed E-state index contributed by atoms with van der Waals surface area (Å²) in [5.41, 5.74) is 0. The zero-order chi connectivity index (χ0) is 14.8. The van der Waals surface area contributed by atoms with E-state index in [1.54, 1.807) is 6.92 Å². The molecule has 0 radical (unpaired) electrons. The lowest BCUT2D eigenvalue weighted by Crippen LogP contribution is -2.50. The smallest absolute Gasteiger partial charge is 0.242 e. The van der Waals surface area contributed by atoms with Crippen molar-refractivity contribution in [3.05, 3.63) is 0 Å². The average Bonchev–Trinajstić information content (AvgIpc) is 2.86. The van der Waals surface area contributed by atoms with Gasteiger partial charge in [0.15, 0.2) is 0 Å². The Kier molecular flexibility index (Phi) is 4.64. The molecule has 0 bridgehead atoms. The highest BCUT2D eigenvalue weighted by Crippen LogP contribution is 2.15. The Morgan fingerprint density at radius 2 is 2.00 bits per heavy atom. The van der Waals surface area contributed by atoms with Crippen molar-refractivity contribution < 1.29 is 18.0 Å². The van der Waals surface area contributed by atoms with E-state index >= 15 is 0 Å². The van der Waals surface area contributed by atoms with Crippen molar-refractivity contribution in [3.63, 3.8) is 0 Å². The lowest BCUT2D eigenvalue weighted by Gasteiger charge is -2.31. The molecule has 0 aliphatic carbocycles. The van der Waals surface area contributed by atoms with Gasteiger partial charge in [-0.05, 0) is 26.2 Å². The number of nitrogens with zero attached hydrogens (tertiary/aromatic N) is 1. The highest BCUT2D eigenvalue weighted by atomic mass is 32.2. The van der Waals surface area contributed by atoms with Crippen molar-refractivity contribution in [1.29, 1.82) is 0 Å². The molecular weight excluding hydrogens is 282 g/mol. The molecule has 2 saturated heterocycles. The Balaban J connectivity index is 1.80. The average molecular weight is 303 g/mol. The van der Waals surface area contributed by atoms with Gasteiger partial charge in [-0.25, -0.2) is 12.7 Å². The molecule has 8 heteroatoms. The van der Waals surface area contributed by atoms with Crippen LogP contribution >= 0.6 is 0 Å². The lowest BCUT2D eigenvalue weighted by molar-refractivity contribution is -0.126. The van der Waals surface area contributed by atoms with Gasteiger partial charge in [0.2, 0.25) is 21.8 Å². The van der Waals surface area contributed by atoms with Gasteiger partial charge in [0.25, 0.3) is 0 Å². The third-order valence-corrected chi connectivity index (χ3v) is 5.75. The molecule has 2 N–H and O–H groups in total. The summed E-state index contributed by atoms with van der Waals surface area (Å²) in [5.74, 6) is -0.139. The van der Waals surface area contributed by atoms with E-state index in [2.05, 4.69) is 10.6 Å². The third kappa shape index (κ3) is 3.49. The molecule has 0 saturated carbocycles. The highest BCUT2D eigenvalue weighted by molar-refractivity contribution is 7.89. The van der Waals surface area contributed by atoms with Gasteiger partial charge < -0.3 is 10.6 Å². The molecule has 2 fully saturated rings. The van der Waals surface area contributed by atoms with Gasteiger partial charge in [-0.3, -0.25) is 9.59 Å². The van der Waals surface area contributed by atoms with Crippen LogP contribution in [0.2, 0.25) is 0 Å². The van der Waals surface area contributed by atoms with Crippen molar-refractivity contribution in [3.8, 4) is 0 Å². The van der Waals surface area contributed by atoms with Gasteiger partial charge in [-0.15, -0.1) is 0 Å². The van der Waals surface area contributed by atoms with Crippen LogP contribution in [0.15, 0.2) is 0 Å². The summed E-state index contributed by atoms with van der Waals surface area (Å²) in [6, 6.07) is -0.441. The summed E-state index contributed by atoms with van der Waals surface area (Å²) < 4.78 is 24.9. The second-order valence-electron chi connectivity index (χ2n) is 5.24. The van der Waals surface area contributed by atoms with Crippen molar-refractivity contribution in [2.75, 3.05) is 18.8 Å². The molecule has 2 rings (SSSR count). The van der Waals surface area contributed by atoms with Crippen LogP contribution in [0, 0.1) is 0 Å². The van der Waals surface area contributed by atoms with E-state index in [1.807, 2.05) is 0 Å². The molecule has 1 atom stereocenters. The topological polar surface area (TPSA) is 95.6 Å². The SMILES string of the molecule is CCS(=O)(=O)N1CCC(NC(=O)C2CCC(=O)N2)CC1. The monoisotopic (exact) mass is 303 g/mol. The third-order valence-electron chi connectivity index (χ3n) is 3.87. The van der Waals surface area contributed by atoms with Crippen LogP contribution in [0.25, 0.3) is 0 Å². The summed E-state index contributed by atoms with van der Waals surface area (Å²) in [5, 5.41) is 5.52. The molecular formula is C12H21N3O4S. The second-order valence-corrected chi connectivity index (χ2v) is 7.50. The number of amides is 2. The molecule has 1 unspecified atom stereocenters. The maximum atomic E-state index is 11.9. The summed E-state index contributed by atoms with van der Waals surface area (Å²) >= 11 is 0. The fourth-order valence-electron chi connectivity index (χ4n) is 2.57. The number of hydrogen-bond acceptors (Lipinski definition) is 4. The van der Waals surface area contributed by atoms with Crippen molar-refractivity contribution >= 4 is 21.8 Å². The van der Waals surface area contributed by atoms with Crippen LogP contribution in [0.3, 0.4) is 0 Å². The number of rotatable bonds is 4. The standard InChI is InChI=1S/C12H21N3O4S/c1-2-20(18,19)15-7-5-9(6-8-15)13-12(17)10-3-4-11(16)14-10/h9-10H,2-8H2,1H3,(H,13,17)(H,14,16). The van der Waals surface area contributed by atoms with Crippen LogP contribution in [0.1, 0.15) is 32.6 Å². The molecule has 20 heavy (non-hydrogen) atoms. The van der Waals surface area contributed by atoms with E-state index in [0.29, 0.717) is 38.8 Å². The summed E-state index contributed by atoms with van der Waals surface area (Å²) in [6.45, 7) is 2.52. The van der Waals surface area contributed by atoms with Gasteiger partial charge >= 0.3 is 0 Å². The maximum absolute atomic E-state index is 11.9. The van der Waals surface area contributed by atoms with Gasteiger partial charge in [0, 0.05) is 25.6 Å². The summed E-state index contributed by atoms with van der Waals surface area (Å²) in [6.07, 6.45) is 2.16. The molecule has 2 aliphatic heterocycles. The highest BCUT2D eigenvalue weighted by Gasteiger charge is 2.31. The van der Waals surface area contributed by atoms with Gasteiger partial charge in [-0.1, -0.05) is 0 Å². The molecule has 7 nitrogen and oxygen atoms in total. The fraction of sp³-hybridized carbons (Fsp3) is 0.833. The summed E-state index contributed by atoms with van der Waals surface area (Å²) in [7, 11) is -3.13. The Labute approximate surface area is 119 Å². The Bertz CT molecular complexity index is 483. The van der Waals surface area contributed by atoms with E-state index in [4.69, 9.17) is 0 Å². The van der Waals surface area contributed by atoms with Crippen LogP contribution in [0.4, 0.5) is 0 Å². The normalized spacial score (nSPS) is 25.4. The number of carbonyl (C=O) groups is 2. The van der Waals surface area contributed by atoms with E-state index in [1.165, 1.54) is 4.31 Å². The molecule has 2 aliphatic rings. The molecule has 0 aromatic rings. The fourth-order valence-corrected chi connectivity index (χ4v) is 3.71. The lowest BCUT2D eigenvalue weighted by atomic mass is 10.1. The van der Waals surface area contributed by atoms with Gasteiger partial charge in [0.1, 0.15) is 6.04 Å².